The molecule has 1 amide bonds. The molecule has 43 heavy (non-hydrogen) atoms. The highest BCUT2D eigenvalue weighted by molar-refractivity contribution is 7.99. The summed E-state index contributed by atoms with van der Waals surface area (Å²) in [6.45, 7) is 7.33. The maximum absolute atomic E-state index is 14.1. The quantitative estimate of drug-likeness (QED) is 0.193. The van der Waals surface area contributed by atoms with E-state index >= 15 is 0 Å². The summed E-state index contributed by atoms with van der Waals surface area (Å²) in [7, 11) is 0. The van der Waals surface area contributed by atoms with Gasteiger partial charge in [0.15, 0.2) is 5.16 Å². The van der Waals surface area contributed by atoms with Crippen molar-refractivity contribution in [1.29, 1.82) is 0 Å². The van der Waals surface area contributed by atoms with E-state index in [1.54, 1.807) is 15.9 Å². The first-order chi connectivity index (χ1) is 20.9. The first kappa shape index (κ1) is 29.6. The van der Waals surface area contributed by atoms with Gasteiger partial charge in [0, 0.05) is 23.9 Å². The van der Waals surface area contributed by atoms with Crippen molar-refractivity contribution < 1.29 is 9.53 Å². The van der Waals surface area contributed by atoms with E-state index in [-0.39, 0.29) is 29.4 Å². The topological polar surface area (TPSA) is 90.5 Å². The number of carbonyl (C=O) groups is 1. The largest absolute Gasteiger partial charge is 0.372 e. The number of ether oxygens (including phenoxy) is 1. The van der Waals surface area contributed by atoms with Gasteiger partial charge in [-0.25, -0.2) is 4.40 Å². The van der Waals surface area contributed by atoms with Crippen molar-refractivity contribution in [2.45, 2.75) is 76.9 Å². The molecule has 0 saturated carbocycles. The monoisotopic (exact) mass is 615 g/mol. The zero-order valence-electron chi connectivity index (χ0n) is 24.8. The van der Waals surface area contributed by atoms with E-state index in [9.17, 15) is 9.59 Å². The molecule has 0 saturated heterocycles. The van der Waals surface area contributed by atoms with Crippen molar-refractivity contribution in [3.05, 3.63) is 92.6 Å². The molecule has 0 unspecified atom stereocenters. The Hall–Kier alpha value is -3.47. The Morgan fingerprint density at radius 1 is 1.05 bits per heavy atom. The number of amides is 1. The smallest absolute Gasteiger partial charge is 0.263 e. The molecule has 1 aliphatic rings. The summed E-state index contributed by atoms with van der Waals surface area (Å²) in [5, 5.41) is 13.5. The third-order valence-electron chi connectivity index (χ3n) is 8.08. The molecule has 2 atom stereocenters. The van der Waals surface area contributed by atoms with Crippen LogP contribution >= 0.6 is 23.1 Å². The molecule has 5 aromatic rings. The van der Waals surface area contributed by atoms with Crippen LogP contribution in [-0.4, -0.2) is 43.0 Å². The molecule has 10 heteroatoms. The summed E-state index contributed by atoms with van der Waals surface area (Å²) < 4.78 is 9.89. The first-order valence-corrected chi connectivity index (χ1v) is 16.7. The normalized spacial score (nSPS) is 15.7. The zero-order valence-corrected chi connectivity index (χ0v) is 26.4. The molecule has 0 aliphatic carbocycles. The van der Waals surface area contributed by atoms with Gasteiger partial charge in [-0.1, -0.05) is 86.3 Å². The molecule has 1 N–H and O–H groups in total. The van der Waals surface area contributed by atoms with Crippen LogP contribution in [0.4, 0.5) is 0 Å². The van der Waals surface area contributed by atoms with E-state index in [1.807, 2.05) is 47.7 Å². The number of nitrogens with zero attached hydrogens (tertiary/aromatic N) is 4. The molecule has 0 radical (unpaired) electrons. The molecule has 0 spiro atoms. The van der Waals surface area contributed by atoms with E-state index in [1.165, 1.54) is 17.3 Å². The predicted octanol–water partition coefficient (Wildman–Crippen LogP) is 5.68. The summed E-state index contributed by atoms with van der Waals surface area (Å²) in [5.74, 6) is 1.02. The van der Waals surface area contributed by atoms with Crippen molar-refractivity contribution in [3.63, 3.8) is 0 Å². The number of fused-ring (bicyclic) bond motifs is 5. The number of nitrogens with one attached hydrogen (secondary N) is 1. The maximum Gasteiger partial charge on any atom is 0.263 e. The third-order valence-corrected chi connectivity index (χ3v) is 10.2. The van der Waals surface area contributed by atoms with Gasteiger partial charge in [-0.15, -0.1) is 21.5 Å². The Balaban J connectivity index is 1.28. The van der Waals surface area contributed by atoms with E-state index < -0.39 is 0 Å². The molecule has 0 fully saturated rings. The lowest BCUT2D eigenvalue weighted by Gasteiger charge is -2.26. The standard InChI is InChI=1S/C33H37N5O3S2/c1-21(2)26-18-25-27(19-41-26)43-31-29(25)30(40)37(17-16-24-12-8-5-9-13-24)32-35-36-33(38(31)32)42-20-28(39)34-22(3)14-15-23-10-6-4-7-11-23/h4-13,21-22,26H,14-20H2,1-3H3,(H,34,39)/t22-,26-/m1/s1. The highest BCUT2D eigenvalue weighted by Gasteiger charge is 2.30. The number of hydrogen-bond donors (Lipinski definition) is 1. The van der Waals surface area contributed by atoms with E-state index in [0.717, 1.165) is 39.1 Å². The lowest BCUT2D eigenvalue weighted by Crippen LogP contribution is -2.34. The fraction of sp³-hybridized carbons (Fsp3) is 0.394. The van der Waals surface area contributed by atoms with Crippen LogP contribution < -0.4 is 10.9 Å². The molecule has 8 nitrogen and oxygen atoms in total. The number of carbonyl (C=O) groups excluding carboxylic acids is 1. The lowest BCUT2D eigenvalue weighted by atomic mass is 9.96. The Morgan fingerprint density at radius 2 is 1.74 bits per heavy atom. The number of aromatic nitrogens is 4. The number of thiophene rings is 1. The van der Waals surface area contributed by atoms with Crippen molar-refractivity contribution in [1.82, 2.24) is 24.5 Å². The molecule has 2 aromatic carbocycles. The highest BCUT2D eigenvalue weighted by Crippen LogP contribution is 2.37. The van der Waals surface area contributed by atoms with Crippen LogP contribution in [0, 0.1) is 5.92 Å². The van der Waals surface area contributed by atoms with Crippen LogP contribution in [0.1, 0.15) is 48.8 Å². The van der Waals surface area contributed by atoms with Gasteiger partial charge in [0.2, 0.25) is 11.7 Å². The van der Waals surface area contributed by atoms with Crippen LogP contribution in [0.5, 0.6) is 0 Å². The van der Waals surface area contributed by atoms with Crippen LogP contribution in [0.3, 0.4) is 0 Å². The van der Waals surface area contributed by atoms with E-state index in [2.05, 4.69) is 53.6 Å². The molecule has 1 aliphatic heterocycles. The highest BCUT2D eigenvalue weighted by atomic mass is 32.2. The van der Waals surface area contributed by atoms with Gasteiger partial charge >= 0.3 is 0 Å². The second-order valence-corrected chi connectivity index (χ2v) is 13.6. The van der Waals surface area contributed by atoms with Crippen LogP contribution in [0.2, 0.25) is 0 Å². The van der Waals surface area contributed by atoms with Gasteiger partial charge in [-0.2, -0.15) is 0 Å². The number of hydrogen-bond acceptors (Lipinski definition) is 7. The fourth-order valence-corrected chi connectivity index (χ4v) is 7.69. The minimum Gasteiger partial charge on any atom is -0.372 e. The van der Waals surface area contributed by atoms with Gasteiger partial charge in [0.05, 0.1) is 23.8 Å². The van der Waals surface area contributed by atoms with E-state index in [4.69, 9.17) is 4.74 Å². The average Bonchev–Trinajstić information content (AvgIpc) is 3.61. The van der Waals surface area contributed by atoms with Crippen LogP contribution in [0.15, 0.2) is 70.6 Å². The Labute approximate surface area is 259 Å². The first-order valence-electron chi connectivity index (χ1n) is 14.9. The predicted molar refractivity (Wildman–Crippen MR) is 173 cm³/mol. The summed E-state index contributed by atoms with van der Waals surface area (Å²) >= 11 is 2.93. The Morgan fingerprint density at radius 3 is 2.44 bits per heavy atom. The molecular formula is C33H37N5O3S2. The summed E-state index contributed by atoms with van der Waals surface area (Å²) in [5.41, 5.74) is 3.47. The summed E-state index contributed by atoms with van der Waals surface area (Å²) in [6.07, 6.45) is 3.25. The number of aryl methyl sites for hydroxylation is 3. The van der Waals surface area contributed by atoms with Crippen LogP contribution in [0.25, 0.3) is 16.0 Å². The Kier molecular flexibility index (Phi) is 8.97. The SMILES string of the molecule is CC(C)[C@H]1Cc2c(sc3c2c(=O)n(CCc2ccccc2)c2nnc(SCC(=O)N[C@H](C)CCc4ccccc4)n32)CO1. The zero-order chi connectivity index (χ0) is 29.9. The third kappa shape index (κ3) is 6.41. The van der Waals surface area contributed by atoms with Crippen molar-refractivity contribution in [2.24, 2.45) is 5.92 Å². The van der Waals surface area contributed by atoms with Crippen molar-refractivity contribution >= 4 is 45.0 Å². The average molecular weight is 616 g/mol. The number of rotatable bonds is 11. The van der Waals surface area contributed by atoms with Crippen molar-refractivity contribution in [3.8, 4) is 0 Å². The lowest BCUT2D eigenvalue weighted by molar-refractivity contribution is -0.119. The molecule has 224 valence electrons. The Bertz CT molecular complexity index is 1780. The maximum atomic E-state index is 14.1. The molecule has 3 aromatic heterocycles. The van der Waals surface area contributed by atoms with Gasteiger partial charge in [-0.3, -0.25) is 14.2 Å². The van der Waals surface area contributed by atoms with Gasteiger partial charge in [-0.05, 0) is 48.8 Å². The second-order valence-electron chi connectivity index (χ2n) is 11.6. The number of thioether (sulfide) groups is 1. The number of benzene rings is 2. The fourth-order valence-electron chi connectivity index (χ4n) is 5.65. The minimum absolute atomic E-state index is 0.0331. The van der Waals surface area contributed by atoms with Crippen molar-refractivity contribution in [2.75, 3.05) is 5.75 Å². The second kappa shape index (κ2) is 13.0. The minimum atomic E-state index is -0.0467. The van der Waals surface area contributed by atoms with Gasteiger partial charge in [0.1, 0.15) is 4.83 Å². The molecule has 4 heterocycles. The molecule has 0 bridgehead atoms. The van der Waals surface area contributed by atoms with Gasteiger partial charge < -0.3 is 10.1 Å². The van der Waals surface area contributed by atoms with Gasteiger partial charge in [0.25, 0.3) is 5.56 Å². The molecule has 6 rings (SSSR count). The van der Waals surface area contributed by atoms with Crippen LogP contribution in [-0.2, 0) is 41.9 Å². The molecular weight excluding hydrogens is 579 g/mol. The summed E-state index contributed by atoms with van der Waals surface area (Å²) in [4.78, 5) is 29.0. The van der Waals surface area contributed by atoms with E-state index in [0.29, 0.717) is 42.8 Å². The summed E-state index contributed by atoms with van der Waals surface area (Å²) in [6, 6.07) is 20.5.